The highest BCUT2D eigenvalue weighted by Gasteiger charge is 2.47. The van der Waals surface area contributed by atoms with Gasteiger partial charge in [-0.2, -0.15) is 0 Å². The molecule has 2 fully saturated rings. The van der Waals surface area contributed by atoms with Crippen molar-refractivity contribution in [1.29, 1.82) is 0 Å². The van der Waals surface area contributed by atoms with Crippen LogP contribution in [0.3, 0.4) is 0 Å². The molecule has 0 radical (unpaired) electrons. The molecule has 2 bridgehead atoms. The number of benzene rings is 1. The molecule has 3 heterocycles. The highest BCUT2D eigenvalue weighted by Crippen LogP contribution is 2.33. The van der Waals surface area contributed by atoms with Crippen molar-refractivity contribution < 1.29 is 23.8 Å². The first-order valence-corrected chi connectivity index (χ1v) is 6.79. The molecule has 4 rings (SSSR count). The number of amides is 1. The number of morpholine rings is 1. The maximum Gasteiger partial charge on any atom is 0.329 e. The van der Waals surface area contributed by atoms with Gasteiger partial charge in [0, 0.05) is 12.5 Å². The standard InChI is InChI=1S/C15H13NO5/c17-14(16-7-10-6-11(16)15(18)21-10)4-2-9-1-3-12-13(5-9)20-8-19-12/h1-5,10-11H,6-8H2/b4-2+/t10-,11+/m0/s1. The van der Waals surface area contributed by atoms with E-state index < -0.39 is 6.04 Å². The van der Waals surface area contributed by atoms with Gasteiger partial charge in [-0.05, 0) is 23.8 Å². The minimum atomic E-state index is -0.413. The van der Waals surface area contributed by atoms with Crippen LogP contribution in [0.25, 0.3) is 6.08 Å². The number of carbonyl (C=O) groups excluding carboxylic acids is 2. The topological polar surface area (TPSA) is 65.1 Å². The predicted octanol–water partition coefficient (Wildman–Crippen LogP) is 0.955. The summed E-state index contributed by atoms with van der Waals surface area (Å²) in [6.07, 6.45) is 3.67. The van der Waals surface area contributed by atoms with Crippen molar-refractivity contribution in [1.82, 2.24) is 4.90 Å². The van der Waals surface area contributed by atoms with Gasteiger partial charge in [0.25, 0.3) is 0 Å². The van der Waals surface area contributed by atoms with Crippen LogP contribution < -0.4 is 9.47 Å². The first-order valence-electron chi connectivity index (χ1n) is 6.79. The summed E-state index contributed by atoms with van der Waals surface area (Å²) < 4.78 is 15.6. The van der Waals surface area contributed by atoms with Crippen LogP contribution in [-0.4, -0.2) is 42.3 Å². The molecule has 1 aromatic rings. The fourth-order valence-corrected chi connectivity index (χ4v) is 2.87. The van der Waals surface area contributed by atoms with Crippen molar-refractivity contribution in [3.8, 4) is 11.5 Å². The van der Waals surface area contributed by atoms with E-state index >= 15 is 0 Å². The zero-order chi connectivity index (χ0) is 14.4. The summed E-state index contributed by atoms with van der Waals surface area (Å²) in [4.78, 5) is 25.2. The second-order valence-electron chi connectivity index (χ2n) is 5.25. The van der Waals surface area contributed by atoms with Crippen molar-refractivity contribution in [3.05, 3.63) is 29.8 Å². The van der Waals surface area contributed by atoms with Gasteiger partial charge in [0.1, 0.15) is 12.1 Å². The van der Waals surface area contributed by atoms with E-state index in [1.807, 2.05) is 18.2 Å². The Balaban J connectivity index is 1.48. The van der Waals surface area contributed by atoms with Gasteiger partial charge >= 0.3 is 5.97 Å². The van der Waals surface area contributed by atoms with Crippen molar-refractivity contribution in [2.45, 2.75) is 18.6 Å². The fourth-order valence-electron chi connectivity index (χ4n) is 2.87. The lowest BCUT2D eigenvalue weighted by atomic mass is 10.2. The summed E-state index contributed by atoms with van der Waals surface area (Å²) in [6.45, 7) is 0.709. The molecular formula is C15H13NO5. The third kappa shape index (κ3) is 2.03. The molecule has 3 aliphatic heterocycles. The average molecular weight is 287 g/mol. The number of rotatable bonds is 2. The molecule has 0 aromatic heterocycles. The largest absolute Gasteiger partial charge is 0.459 e. The molecule has 1 aromatic carbocycles. The summed E-state index contributed by atoms with van der Waals surface area (Å²) in [5.41, 5.74) is 0.847. The number of ether oxygens (including phenoxy) is 3. The summed E-state index contributed by atoms with van der Waals surface area (Å²) in [7, 11) is 0. The lowest BCUT2D eigenvalue weighted by molar-refractivity contribution is -0.155. The summed E-state index contributed by atoms with van der Waals surface area (Å²) in [5, 5.41) is 0. The third-order valence-electron chi connectivity index (χ3n) is 3.92. The van der Waals surface area contributed by atoms with Crippen molar-refractivity contribution >= 4 is 18.0 Å². The molecule has 0 N–H and O–H groups in total. The molecule has 21 heavy (non-hydrogen) atoms. The zero-order valence-corrected chi connectivity index (χ0v) is 11.2. The number of hydrogen-bond acceptors (Lipinski definition) is 5. The maximum absolute atomic E-state index is 12.2. The van der Waals surface area contributed by atoms with Crippen LogP contribution in [0.2, 0.25) is 0 Å². The van der Waals surface area contributed by atoms with Crippen LogP contribution in [0.4, 0.5) is 0 Å². The van der Waals surface area contributed by atoms with E-state index in [-0.39, 0.29) is 24.8 Å². The smallest absolute Gasteiger partial charge is 0.329 e. The van der Waals surface area contributed by atoms with Crippen LogP contribution in [0.15, 0.2) is 24.3 Å². The number of carbonyl (C=O) groups is 2. The van der Waals surface area contributed by atoms with Gasteiger partial charge in [-0.1, -0.05) is 6.07 Å². The third-order valence-corrected chi connectivity index (χ3v) is 3.92. The number of likely N-dealkylation sites (tertiary alicyclic amines) is 1. The highest BCUT2D eigenvalue weighted by atomic mass is 16.7. The van der Waals surface area contributed by atoms with Crippen molar-refractivity contribution in [3.63, 3.8) is 0 Å². The second-order valence-corrected chi connectivity index (χ2v) is 5.25. The van der Waals surface area contributed by atoms with Crippen LogP contribution in [-0.2, 0) is 14.3 Å². The van der Waals surface area contributed by atoms with Gasteiger partial charge < -0.3 is 19.1 Å². The summed E-state index contributed by atoms with van der Waals surface area (Å²) in [5.74, 6) is 0.916. The van der Waals surface area contributed by atoms with Gasteiger partial charge in [0.05, 0.1) is 6.54 Å². The van der Waals surface area contributed by atoms with Gasteiger partial charge in [0.15, 0.2) is 11.5 Å². The summed E-state index contributed by atoms with van der Waals surface area (Å²) >= 11 is 0. The second kappa shape index (κ2) is 4.51. The monoisotopic (exact) mass is 287 g/mol. The first-order chi connectivity index (χ1) is 10.2. The van der Waals surface area contributed by atoms with E-state index in [0.29, 0.717) is 24.5 Å². The molecule has 108 valence electrons. The van der Waals surface area contributed by atoms with Crippen LogP contribution >= 0.6 is 0 Å². The fraction of sp³-hybridized carbons (Fsp3) is 0.333. The number of nitrogens with zero attached hydrogens (tertiary/aromatic N) is 1. The van der Waals surface area contributed by atoms with E-state index in [2.05, 4.69) is 0 Å². The number of fused-ring (bicyclic) bond motifs is 3. The minimum Gasteiger partial charge on any atom is -0.459 e. The average Bonchev–Trinajstić information content (AvgIpc) is 3.18. The van der Waals surface area contributed by atoms with Gasteiger partial charge in [-0.25, -0.2) is 4.79 Å². The molecule has 1 amide bonds. The Morgan fingerprint density at radius 2 is 2.14 bits per heavy atom. The molecule has 2 atom stereocenters. The Morgan fingerprint density at radius 1 is 1.29 bits per heavy atom. The number of hydrogen-bond donors (Lipinski definition) is 0. The minimum absolute atomic E-state index is 0.134. The van der Waals surface area contributed by atoms with Gasteiger partial charge in [-0.3, -0.25) is 4.79 Å². The van der Waals surface area contributed by atoms with E-state index in [9.17, 15) is 9.59 Å². The Hall–Kier alpha value is -2.50. The lowest BCUT2D eigenvalue weighted by Gasteiger charge is -2.24. The Kier molecular flexibility index (Phi) is 2.63. The maximum atomic E-state index is 12.2. The van der Waals surface area contributed by atoms with E-state index in [4.69, 9.17) is 14.2 Å². The zero-order valence-electron chi connectivity index (χ0n) is 11.2. The lowest BCUT2D eigenvalue weighted by Crippen LogP contribution is -2.43. The molecular weight excluding hydrogens is 274 g/mol. The molecule has 0 aliphatic carbocycles. The van der Waals surface area contributed by atoms with Crippen LogP contribution in [0.1, 0.15) is 12.0 Å². The van der Waals surface area contributed by atoms with Crippen LogP contribution in [0, 0.1) is 0 Å². The highest BCUT2D eigenvalue weighted by molar-refractivity contribution is 5.96. The van der Waals surface area contributed by atoms with E-state index in [1.165, 1.54) is 6.08 Å². The molecule has 6 nitrogen and oxygen atoms in total. The van der Waals surface area contributed by atoms with Crippen LogP contribution in [0.5, 0.6) is 11.5 Å². The predicted molar refractivity (Wildman–Crippen MR) is 71.6 cm³/mol. The Bertz CT molecular complexity index is 653. The first kappa shape index (κ1) is 12.3. The Labute approximate surface area is 120 Å². The quantitative estimate of drug-likeness (QED) is 0.598. The molecule has 3 aliphatic rings. The molecule has 0 saturated carbocycles. The van der Waals surface area contributed by atoms with Gasteiger partial charge in [-0.15, -0.1) is 0 Å². The van der Waals surface area contributed by atoms with Gasteiger partial charge in [0.2, 0.25) is 12.7 Å². The molecule has 0 spiro atoms. The molecule has 0 unspecified atom stereocenters. The number of esters is 1. The molecule has 6 heteroatoms. The normalized spacial score (nSPS) is 25.7. The SMILES string of the molecule is O=C1O[C@H]2C[C@H]1N(C(=O)/C=C/c1ccc3c(c1)OCO3)C2. The van der Waals surface area contributed by atoms with E-state index in [1.54, 1.807) is 11.0 Å². The van der Waals surface area contributed by atoms with Crippen molar-refractivity contribution in [2.24, 2.45) is 0 Å². The van der Waals surface area contributed by atoms with Crippen molar-refractivity contribution in [2.75, 3.05) is 13.3 Å². The van der Waals surface area contributed by atoms with E-state index in [0.717, 1.165) is 5.56 Å². The Morgan fingerprint density at radius 3 is 2.95 bits per heavy atom. The molecule has 2 saturated heterocycles. The summed E-state index contributed by atoms with van der Waals surface area (Å²) in [6, 6.07) is 5.06.